The Balaban J connectivity index is 1.71. The van der Waals surface area contributed by atoms with Gasteiger partial charge in [0.25, 0.3) is 5.91 Å². The molecule has 0 saturated carbocycles. The summed E-state index contributed by atoms with van der Waals surface area (Å²) >= 11 is 3.16. The Morgan fingerprint density at radius 2 is 2.12 bits per heavy atom. The molecule has 0 bridgehead atoms. The molecule has 0 radical (unpaired) electrons. The summed E-state index contributed by atoms with van der Waals surface area (Å²) in [5.74, 6) is -0.498. The van der Waals surface area contributed by atoms with Crippen molar-refractivity contribution in [2.45, 2.75) is 18.6 Å². The lowest BCUT2D eigenvalue weighted by Gasteiger charge is -2.35. The van der Waals surface area contributed by atoms with E-state index in [1.807, 2.05) is 34.1 Å². The average molecular weight is 383 g/mol. The van der Waals surface area contributed by atoms with Crippen molar-refractivity contribution in [3.63, 3.8) is 0 Å². The van der Waals surface area contributed by atoms with Crippen LogP contribution >= 0.6 is 22.7 Å². The van der Waals surface area contributed by atoms with E-state index in [0.29, 0.717) is 13.0 Å². The van der Waals surface area contributed by atoms with Gasteiger partial charge < -0.3 is 4.90 Å². The van der Waals surface area contributed by atoms with Gasteiger partial charge in [-0.3, -0.25) is 9.89 Å². The second kappa shape index (κ2) is 5.99. The Hall–Kier alpha value is -2.13. The molecule has 0 aromatic carbocycles. The van der Waals surface area contributed by atoms with Crippen LogP contribution in [0.5, 0.6) is 0 Å². The molecule has 0 fully saturated rings. The van der Waals surface area contributed by atoms with E-state index in [0.717, 1.165) is 16.5 Å². The van der Waals surface area contributed by atoms with E-state index >= 15 is 0 Å². The first-order valence-corrected chi connectivity index (χ1v) is 9.24. The number of hydrogen-bond acceptors (Lipinski definition) is 4. The number of hydrogen-bond donors (Lipinski definition) is 1. The minimum absolute atomic E-state index is 0.215. The number of alkyl halides is 3. The Bertz CT molecular complexity index is 898. The fourth-order valence-corrected chi connectivity index (χ4v) is 4.77. The number of rotatable bonds is 2. The van der Waals surface area contributed by atoms with Gasteiger partial charge in [0.2, 0.25) is 0 Å². The maximum atomic E-state index is 12.9. The third kappa shape index (κ3) is 2.87. The van der Waals surface area contributed by atoms with Crippen LogP contribution in [0.3, 0.4) is 0 Å². The lowest BCUT2D eigenvalue weighted by molar-refractivity contribution is -0.141. The summed E-state index contributed by atoms with van der Waals surface area (Å²) in [7, 11) is 0. The van der Waals surface area contributed by atoms with Gasteiger partial charge in [0, 0.05) is 22.4 Å². The van der Waals surface area contributed by atoms with Crippen LogP contribution in [0, 0.1) is 0 Å². The summed E-state index contributed by atoms with van der Waals surface area (Å²) in [6.45, 7) is 0.448. The monoisotopic (exact) mass is 383 g/mol. The van der Waals surface area contributed by atoms with Crippen LogP contribution in [-0.2, 0) is 12.6 Å². The number of aromatic nitrogens is 2. The zero-order chi connectivity index (χ0) is 17.6. The minimum atomic E-state index is -4.55. The van der Waals surface area contributed by atoms with E-state index in [9.17, 15) is 18.0 Å². The normalized spacial score (nSPS) is 17.6. The standard InChI is InChI=1S/C16H12F3N3OS2/c17-16(18,19)13-8-10(20-21-13)15(23)22-5-3-11-9(4-7-25-11)14(22)12-2-1-6-24-12/h1-2,4,6-8,14H,3,5H2,(H,20,21)/t14-/m0/s1. The van der Waals surface area contributed by atoms with Crippen molar-refractivity contribution in [2.75, 3.05) is 6.54 Å². The van der Waals surface area contributed by atoms with Crippen molar-refractivity contribution in [3.05, 3.63) is 61.7 Å². The maximum Gasteiger partial charge on any atom is 0.432 e. The first-order chi connectivity index (χ1) is 11.9. The number of carbonyl (C=O) groups excluding carboxylic acids is 1. The zero-order valence-electron chi connectivity index (χ0n) is 12.7. The largest absolute Gasteiger partial charge is 0.432 e. The quantitative estimate of drug-likeness (QED) is 0.716. The van der Waals surface area contributed by atoms with Crippen molar-refractivity contribution in [3.8, 4) is 0 Å². The molecular formula is C16H12F3N3OS2. The van der Waals surface area contributed by atoms with E-state index in [4.69, 9.17) is 0 Å². The molecule has 1 amide bonds. The highest BCUT2D eigenvalue weighted by Gasteiger charge is 2.37. The molecule has 3 aromatic rings. The first kappa shape index (κ1) is 16.3. The van der Waals surface area contributed by atoms with Crippen molar-refractivity contribution in [1.29, 1.82) is 0 Å². The fourth-order valence-electron chi connectivity index (χ4n) is 3.01. The average Bonchev–Trinajstić information content (AvgIpc) is 3.32. The molecule has 0 aliphatic carbocycles. The van der Waals surface area contributed by atoms with Gasteiger partial charge in [-0.2, -0.15) is 18.3 Å². The highest BCUT2D eigenvalue weighted by Crippen LogP contribution is 2.40. The number of halogens is 3. The number of amides is 1. The lowest BCUT2D eigenvalue weighted by Crippen LogP contribution is -2.40. The Morgan fingerprint density at radius 1 is 1.28 bits per heavy atom. The van der Waals surface area contributed by atoms with Gasteiger partial charge >= 0.3 is 6.18 Å². The van der Waals surface area contributed by atoms with Crippen molar-refractivity contribution >= 4 is 28.6 Å². The smallest absolute Gasteiger partial charge is 0.325 e. The van der Waals surface area contributed by atoms with Gasteiger partial charge in [0.1, 0.15) is 5.69 Å². The number of fused-ring (bicyclic) bond motifs is 1. The molecule has 25 heavy (non-hydrogen) atoms. The van der Waals surface area contributed by atoms with E-state index in [-0.39, 0.29) is 11.7 Å². The second-order valence-corrected chi connectivity index (χ2v) is 7.61. The summed E-state index contributed by atoms with van der Waals surface area (Å²) in [5, 5.41) is 9.41. The number of thiophene rings is 2. The molecule has 4 heterocycles. The molecule has 1 atom stereocenters. The van der Waals surface area contributed by atoms with Gasteiger partial charge in [0.15, 0.2) is 5.69 Å². The molecule has 3 aromatic heterocycles. The van der Waals surface area contributed by atoms with E-state index < -0.39 is 17.8 Å². The topological polar surface area (TPSA) is 49.0 Å². The molecule has 4 nitrogen and oxygen atoms in total. The Kier molecular flexibility index (Phi) is 3.92. The maximum absolute atomic E-state index is 12.9. The SMILES string of the molecule is O=C(c1cc(C(F)(F)F)[nH]n1)N1CCc2sccc2[C@H]1c1cccs1. The lowest BCUT2D eigenvalue weighted by atomic mass is 9.98. The molecule has 9 heteroatoms. The Morgan fingerprint density at radius 3 is 2.80 bits per heavy atom. The highest BCUT2D eigenvalue weighted by atomic mass is 32.1. The number of nitrogens with one attached hydrogen (secondary N) is 1. The Labute approximate surface area is 148 Å². The summed E-state index contributed by atoms with van der Waals surface area (Å²) in [5.41, 5.74) is -0.192. The number of carbonyl (C=O) groups is 1. The predicted octanol–water partition coefficient (Wildman–Crippen LogP) is 4.34. The molecule has 0 spiro atoms. The van der Waals surface area contributed by atoms with Crippen LogP contribution in [0.25, 0.3) is 0 Å². The third-order valence-electron chi connectivity index (χ3n) is 4.14. The number of H-pyrrole nitrogens is 1. The van der Waals surface area contributed by atoms with Gasteiger partial charge in [-0.15, -0.1) is 22.7 Å². The summed E-state index contributed by atoms with van der Waals surface area (Å²) in [6.07, 6.45) is -3.86. The molecule has 1 aliphatic heterocycles. The van der Waals surface area contributed by atoms with Gasteiger partial charge in [-0.1, -0.05) is 6.07 Å². The van der Waals surface area contributed by atoms with Crippen LogP contribution in [0.2, 0.25) is 0 Å². The van der Waals surface area contributed by atoms with Crippen molar-refractivity contribution in [2.24, 2.45) is 0 Å². The van der Waals surface area contributed by atoms with E-state index in [2.05, 4.69) is 5.10 Å². The summed E-state index contributed by atoms with van der Waals surface area (Å²) in [6, 6.07) is 6.31. The summed E-state index contributed by atoms with van der Waals surface area (Å²) in [4.78, 5) is 16.7. The molecule has 4 rings (SSSR count). The predicted molar refractivity (Wildman–Crippen MR) is 88.8 cm³/mol. The molecule has 0 saturated heterocycles. The van der Waals surface area contributed by atoms with Crippen LogP contribution < -0.4 is 0 Å². The van der Waals surface area contributed by atoms with Crippen LogP contribution in [0.15, 0.2) is 35.0 Å². The van der Waals surface area contributed by atoms with Crippen LogP contribution in [0.1, 0.15) is 37.5 Å². The van der Waals surface area contributed by atoms with Gasteiger partial charge in [-0.25, -0.2) is 0 Å². The number of nitrogens with zero attached hydrogens (tertiary/aromatic N) is 2. The van der Waals surface area contributed by atoms with Crippen molar-refractivity contribution in [1.82, 2.24) is 15.1 Å². The molecule has 130 valence electrons. The van der Waals surface area contributed by atoms with Gasteiger partial charge in [0.05, 0.1) is 6.04 Å². The van der Waals surface area contributed by atoms with E-state index in [1.54, 1.807) is 16.2 Å². The zero-order valence-corrected chi connectivity index (χ0v) is 14.3. The molecule has 1 N–H and O–H groups in total. The van der Waals surface area contributed by atoms with Gasteiger partial charge in [-0.05, 0) is 34.9 Å². The number of aromatic amines is 1. The highest BCUT2D eigenvalue weighted by molar-refractivity contribution is 7.10. The van der Waals surface area contributed by atoms with Crippen LogP contribution in [0.4, 0.5) is 13.2 Å². The molecule has 1 aliphatic rings. The second-order valence-electron chi connectivity index (χ2n) is 5.63. The van der Waals surface area contributed by atoms with E-state index in [1.165, 1.54) is 16.2 Å². The molecular weight excluding hydrogens is 371 g/mol. The van der Waals surface area contributed by atoms with Crippen LogP contribution in [-0.4, -0.2) is 27.5 Å². The first-order valence-electron chi connectivity index (χ1n) is 7.48. The fraction of sp³-hybridized carbons (Fsp3) is 0.250. The minimum Gasteiger partial charge on any atom is -0.325 e. The summed E-state index contributed by atoms with van der Waals surface area (Å²) < 4.78 is 38.3. The van der Waals surface area contributed by atoms with Crippen molar-refractivity contribution < 1.29 is 18.0 Å². The molecule has 0 unspecified atom stereocenters. The third-order valence-corrected chi connectivity index (χ3v) is 6.06.